The minimum absolute atomic E-state index is 0.141. The molecule has 1 rings (SSSR count). The fourth-order valence-electron chi connectivity index (χ4n) is 2.19. The van der Waals surface area contributed by atoms with Crippen molar-refractivity contribution in [2.45, 2.75) is 27.7 Å². The summed E-state index contributed by atoms with van der Waals surface area (Å²) in [5, 5.41) is 0. The second-order valence-corrected chi connectivity index (χ2v) is 4.62. The van der Waals surface area contributed by atoms with Crippen molar-refractivity contribution >= 4 is 5.97 Å². The summed E-state index contributed by atoms with van der Waals surface area (Å²) in [5.74, 6) is 0.951. The van der Waals surface area contributed by atoms with Gasteiger partial charge in [-0.1, -0.05) is 20.4 Å². The molecule has 2 atom stereocenters. The fraction of sp³-hybridized carbons (Fsp3) is 0.750. The average Bonchev–Trinajstić information content (AvgIpc) is 2.63. The van der Waals surface area contributed by atoms with Crippen LogP contribution in [-0.4, -0.2) is 19.2 Å². The van der Waals surface area contributed by atoms with Gasteiger partial charge in [0.25, 0.3) is 0 Å². The summed E-state index contributed by atoms with van der Waals surface area (Å²) in [6.45, 7) is 12.9. The number of esters is 1. The highest BCUT2D eigenvalue weighted by atomic mass is 16.5. The highest BCUT2D eigenvalue weighted by Crippen LogP contribution is 2.61. The molecular formula is C12H20O3. The van der Waals surface area contributed by atoms with E-state index in [9.17, 15) is 4.79 Å². The molecule has 15 heavy (non-hydrogen) atoms. The molecule has 0 aliphatic heterocycles. The largest absolute Gasteiger partial charge is 0.432 e. The highest BCUT2D eigenvalue weighted by molar-refractivity contribution is 5.67. The summed E-state index contributed by atoms with van der Waals surface area (Å²) in [5.41, 5.74) is 0.141. The monoisotopic (exact) mass is 212 g/mol. The first-order valence-corrected chi connectivity index (χ1v) is 5.36. The van der Waals surface area contributed by atoms with E-state index in [1.54, 1.807) is 0 Å². The molecule has 0 saturated heterocycles. The summed E-state index contributed by atoms with van der Waals surface area (Å²) >= 11 is 0. The highest BCUT2D eigenvalue weighted by Gasteiger charge is 2.59. The molecule has 86 valence electrons. The van der Waals surface area contributed by atoms with Crippen molar-refractivity contribution in [2.75, 3.05) is 13.2 Å². The number of carbonyl (C=O) groups is 1. The van der Waals surface area contributed by atoms with Gasteiger partial charge in [0.15, 0.2) is 0 Å². The van der Waals surface area contributed by atoms with Gasteiger partial charge >= 0.3 is 5.97 Å². The SMILES string of the molecule is C=C(OC(C)=O)[C@@H]1[C@H](COCC)C1(C)C. The molecule has 0 radical (unpaired) electrons. The molecule has 1 fully saturated rings. The number of ether oxygens (including phenoxy) is 2. The third-order valence-electron chi connectivity index (χ3n) is 3.17. The summed E-state index contributed by atoms with van der Waals surface area (Å²) in [4.78, 5) is 10.8. The maximum Gasteiger partial charge on any atom is 0.307 e. The van der Waals surface area contributed by atoms with Gasteiger partial charge < -0.3 is 9.47 Å². The van der Waals surface area contributed by atoms with Crippen LogP contribution in [0.2, 0.25) is 0 Å². The first-order valence-electron chi connectivity index (χ1n) is 5.36. The van der Waals surface area contributed by atoms with Gasteiger partial charge in [0, 0.05) is 19.4 Å². The molecule has 0 heterocycles. The van der Waals surface area contributed by atoms with Crippen molar-refractivity contribution in [3.05, 3.63) is 12.3 Å². The predicted octanol–water partition coefficient (Wildman–Crippen LogP) is 2.37. The van der Waals surface area contributed by atoms with Gasteiger partial charge in [0.05, 0.1) is 6.61 Å². The zero-order valence-corrected chi connectivity index (χ0v) is 10.0. The maximum absolute atomic E-state index is 10.8. The van der Waals surface area contributed by atoms with Crippen molar-refractivity contribution < 1.29 is 14.3 Å². The molecule has 0 amide bonds. The first kappa shape index (κ1) is 12.2. The second-order valence-electron chi connectivity index (χ2n) is 4.62. The molecule has 0 bridgehead atoms. The quantitative estimate of drug-likeness (QED) is 0.518. The number of rotatable bonds is 5. The maximum atomic E-state index is 10.8. The number of allylic oxidation sites excluding steroid dienone is 1. The van der Waals surface area contributed by atoms with E-state index < -0.39 is 0 Å². The Labute approximate surface area is 91.4 Å². The van der Waals surface area contributed by atoms with Crippen molar-refractivity contribution in [1.82, 2.24) is 0 Å². The number of carbonyl (C=O) groups excluding carboxylic acids is 1. The molecule has 3 heteroatoms. The van der Waals surface area contributed by atoms with E-state index in [0.29, 0.717) is 18.3 Å². The third kappa shape index (κ3) is 2.59. The van der Waals surface area contributed by atoms with Crippen LogP contribution in [0.3, 0.4) is 0 Å². The zero-order chi connectivity index (χ0) is 11.6. The average molecular weight is 212 g/mol. The summed E-state index contributed by atoms with van der Waals surface area (Å²) in [6.07, 6.45) is 0. The fourth-order valence-corrected chi connectivity index (χ4v) is 2.19. The molecule has 1 saturated carbocycles. The normalized spacial score (nSPS) is 27.2. The summed E-state index contributed by atoms with van der Waals surface area (Å²) in [6, 6.07) is 0. The van der Waals surface area contributed by atoms with Gasteiger partial charge in [-0.05, 0) is 18.3 Å². The molecule has 0 spiro atoms. The first-order chi connectivity index (χ1) is 6.91. The van der Waals surface area contributed by atoms with Crippen molar-refractivity contribution in [3.63, 3.8) is 0 Å². The predicted molar refractivity (Wildman–Crippen MR) is 58.2 cm³/mol. The Morgan fingerprint density at radius 3 is 2.53 bits per heavy atom. The van der Waals surface area contributed by atoms with E-state index in [1.807, 2.05) is 6.92 Å². The van der Waals surface area contributed by atoms with Crippen molar-refractivity contribution in [1.29, 1.82) is 0 Å². The van der Waals surface area contributed by atoms with Crippen LogP contribution in [0, 0.1) is 17.3 Å². The Bertz CT molecular complexity index is 268. The number of hydrogen-bond acceptors (Lipinski definition) is 3. The van der Waals surface area contributed by atoms with E-state index in [1.165, 1.54) is 6.92 Å². The molecule has 0 N–H and O–H groups in total. The van der Waals surface area contributed by atoms with Crippen LogP contribution in [0.5, 0.6) is 0 Å². The third-order valence-corrected chi connectivity index (χ3v) is 3.17. The van der Waals surface area contributed by atoms with Crippen LogP contribution in [0.1, 0.15) is 27.7 Å². The smallest absolute Gasteiger partial charge is 0.307 e. The van der Waals surface area contributed by atoms with E-state index >= 15 is 0 Å². The Morgan fingerprint density at radius 1 is 1.47 bits per heavy atom. The lowest BCUT2D eigenvalue weighted by molar-refractivity contribution is -0.137. The zero-order valence-electron chi connectivity index (χ0n) is 10.0. The van der Waals surface area contributed by atoms with Gasteiger partial charge in [-0.3, -0.25) is 4.79 Å². The van der Waals surface area contributed by atoms with Gasteiger partial charge in [0.1, 0.15) is 5.76 Å². The minimum atomic E-state index is -0.294. The van der Waals surface area contributed by atoms with Gasteiger partial charge in [-0.15, -0.1) is 0 Å². The van der Waals surface area contributed by atoms with E-state index in [4.69, 9.17) is 9.47 Å². The van der Waals surface area contributed by atoms with Crippen LogP contribution >= 0.6 is 0 Å². The summed E-state index contributed by atoms with van der Waals surface area (Å²) in [7, 11) is 0. The molecular weight excluding hydrogens is 192 g/mol. The molecule has 0 aromatic rings. The molecule has 0 aromatic heterocycles. The van der Waals surface area contributed by atoms with Gasteiger partial charge in [0.2, 0.25) is 0 Å². The lowest BCUT2D eigenvalue weighted by Gasteiger charge is -2.05. The van der Waals surface area contributed by atoms with Crippen molar-refractivity contribution in [3.8, 4) is 0 Å². The molecule has 1 aliphatic carbocycles. The Kier molecular flexibility index (Phi) is 3.55. The van der Waals surface area contributed by atoms with Crippen molar-refractivity contribution in [2.24, 2.45) is 17.3 Å². The summed E-state index contributed by atoms with van der Waals surface area (Å²) < 4.78 is 10.4. The molecule has 0 unspecified atom stereocenters. The standard InChI is InChI=1S/C12H20O3/c1-6-14-7-10-11(12(10,4)5)8(2)15-9(3)13/h10-11H,2,6-7H2,1,3-5H3/t10-,11+/m0/s1. The Hall–Kier alpha value is -0.830. The van der Waals surface area contributed by atoms with Crippen LogP contribution in [-0.2, 0) is 14.3 Å². The number of hydrogen-bond donors (Lipinski definition) is 0. The van der Waals surface area contributed by atoms with E-state index in [0.717, 1.165) is 6.61 Å². The van der Waals surface area contributed by atoms with Crippen LogP contribution < -0.4 is 0 Å². The van der Waals surface area contributed by atoms with E-state index in [2.05, 4.69) is 20.4 Å². The van der Waals surface area contributed by atoms with Crippen LogP contribution in [0.25, 0.3) is 0 Å². The molecule has 0 aromatic carbocycles. The van der Waals surface area contributed by atoms with Crippen LogP contribution in [0.15, 0.2) is 12.3 Å². The van der Waals surface area contributed by atoms with E-state index in [-0.39, 0.29) is 17.3 Å². The minimum Gasteiger partial charge on any atom is -0.432 e. The Balaban J connectivity index is 2.50. The van der Waals surface area contributed by atoms with Gasteiger partial charge in [-0.2, -0.15) is 0 Å². The van der Waals surface area contributed by atoms with Crippen LogP contribution in [0.4, 0.5) is 0 Å². The lowest BCUT2D eigenvalue weighted by Crippen LogP contribution is -2.03. The Morgan fingerprint density at radius 2 is 2.07 bits per heavy atom. The molecule has 3 nitrogen and oxygen atoms in total. The lowest BCUT2D eigenvalue weighted by atomic mass is 10.1. The second kappa shape index (κ2) is 4.35. The molecule has 1 aliphatic rings. The van der Waals surface area contributed by atoms with Gasteiger partial charge in [-0.25, -0.2) is 0 Å². The topological polar surface area (TPSA) is 35.5 Å².